The molecule has 1 N–H and O–H groups in total. The fraction of sp³-hybridized carbons (Fsp3) is 0.346. The summed E-state index contributed by atoms with van der Waals surface area (Å²) in [5.74, 6) is 0.405. The van der Waals surface area contributed by atoms with Gasteiger partial charge in [0.1, 0.15) is 11.8 Å². The zero-order valence-electron chi connectivity index (χ0n) is 19.4. The van der Waals surface area contributed by atoms with E-state index in [2.05, 4.69) is 16.2 Å². The van der Waals surface area contributed by atoms with E-state index in [1.54, 1.807) is 23.1 Å². The predicted molar refractivity (Wildman–Crippen MR) is 124 cm³/mol. The summed E-state index contributed by atoms with van der Waals surface area (Å²) in [5, 5.41) is 22.8. The second-order valence-corrected chi connectivity index (χ2v) is 9.13. The van der Waals surface area contributed by atoms with Crippen LogP contribution >= 0.6 is 0 Å². The lowest BCUT2D eigenvalue weighted by Gasteiger charge is -2.24. The van der Waals surface area contributed by atoms with Gasteiger partial charge in [0.05, 0.1) is 24.1 Å². The third kappa shape index (κ3) is 4.12. The first-order valence-corrected chi connectivity index (χ1v) is 11.5. The van der Waals surface area contributed by atoms with Crippen LogP contribution in [0.1, 0.15) is 49.4 Å². The van der Waals surface area contributed by atoms with Gasteiger partial charge in [-0.2, -0.15) is 10.2 Å². The van der Waals surface area contributed by atoms with Gasteiger partial charge in [-0.1, -0.05) is 23.4 Å². The van der Waals surface area contributed by atoms with Gasteiger partial charge in [-0.25, -0.2) is 0 Å². The molecule has 178 valence electrons. The first-order chi connectivity index (χ1) is 16.9. The van der Waals surface area contributed by atoms with E-state index in [4.69, 9.17) is 14.4 Å². The fourth-order valence-electron chi connectivity index (χ4n) is 5.09. The number of carboxylic acid groups (broad SMARTS) is 1. The molecule has 3 aromatic rings. The van der Waals surface area contributed by atoms with Crippen molar-refractivity contribution in [3.05, 3.63) is 53.1 Å². The van der Waals surface area contributed by atoms with E-state index >= 15 is 0 Å². The molecule has 0 radical (unpaired) electrons. The minimum absolute atomic E-state index is 0.00246. The van der Waals surface area contributed by atoms with Gasteiger partial charge in [0.2, 0.25) is 11.7 Å². The number of carbonyl (C=O) groups excluding carboxylic acids is 1. The average molecular weight is 473 g/mol. The summed E-state index contributed by atoms with van der Waals surface area (Å²) in [6.07, 6.45) is 0.953. The van der Waals surface area contributed by atoms with Crippen molar-refractivity contribution in [3.63, 3.8) is 0 Å². The van der Waals surface area contributed by atoms with Gasteiger partial charge in [0.25, 0.3) is 5.89 Å². The number of benzene rings is 2. The van der Waals surface area contributed by atoms with Crippen LogP contribution in [0.2, 0.25) is 0 Å². The maximum absolute atomic E-state index is 12.5. The van der Waals surface area contributed by atoms with Gasteiger partial charge in [-0.15, -0.1) is 0 Å². The number of hydrogen-bond acceptors (Lipinski definition) is 7. The summed E-state index contributed by atoms with van der Waals surface area (Å²) >= 11 is 0. The molecule has 1 fully saturated rings. The molecule has 2 aromatic carbocycles. The molecule has 0 spiro atoms. The number of likely N-dealkylation sites (tertiary alicyclic amines) is 1. The number of carbonyl (C=O) groups is 2. The molecular weight excluding hydrogens is 448 g/mol. The molecule has 2 atom stereocenters. The highest BCUT2D eigenvalue weighted by atomic mass is 16.5. The Hall–Kier alpha value is -4.19. The summed E-state index contributed by atoms with van der Waals surface area (Å²) < 4.78 is 11.2. The van der Waals surface area contributed by atoms with Crippen LogP contribution in [-0.4, -0.2) is 44.7 Å². The number of ether oxygens (including phenoxy) is 1. The number of aromatic nitrogens is 2. The minimum Gasteiger partial charge on any atom is -0.490 e. The number of carboxylic acids is 1. The molecule has 35 heavy (non-hydrogen) atoms. The Bertz CT molecular complexity index is 1360. The summed E-state index contributed by atoms with van der Waals surface area (Å²) in [7, 11) is 0. The number of aliphatic carboxylic acids is 1. The predicted octanol–water partition coefficient (Wildman–Crippen LogP) is 3.98. The van der Waals surface area contributed by atoms with Crippen LogP contribution in [-0.2, 0) is 16.0 Å². The van der Waals surface area contributed by atoms with Crippen molar-refractivity contribution in [2.75, 3.05) is 6.54 Å². The van der Waals surface area contributed by atoms with Crippen LogP contribution in [0, 0.1) is 17.2 Å². The SMILES string of the molecule is CC(C)Oc1ccc(-c2nc(-c3cccc4c3C[C@@H]3CC(=O)N(CCC(=O)O)[C@H]43)no2)cc1C#N. The normalized spacial score (nSPS) is 18.5. The standard InChI is InChI=1S/C26H24N4O5/c1-14(2)34-21-7-6-15(10-17(21)13-27)26-28-25(29-35-26)19-5-3-4-18-20(19)11-16-12-22(31)30(24(16)18)9-8-23(32)33/h3-7,10,14,16,24H,8-9,11-12H2,1-2H3,(H,32,33)/t16-,24+/m1/s1. The van der Waals surface area contributed by atoms with E-state index in [-0.39, 0.29) is 36.9 Å². The maximum Gasteiger partial charge on any atom is 0.305 e. The molecule has 2 aliphatic rings. The van der Waals surface area contributed by atoms with Gasteiger partial charge in [0.15, 0.2) is 0 Å². The molecular formula is C26H24N4O5. The lowest BCUT2D eigenvalue weighted by Crippen LogP contribution is -2.30. The number of hydrogen-bond donors (Lipinski definition) is 1. The zero-order valence-corrected chi connectivity index (χ0v) is 19.4. The van der Waals surface area contributed by atoms with E-state index in [9.17, 15) is 14.9 Å². The van der Waals surface area contributed by atoms with E-state index in [1.165, 1.54) is 0 Å². The molecule has 0 saturated carbocycles. The van der Waals surface area contributed by atoms with E-state index in [1.807, 2.05) is 32.0 Å². The lowest BCUT2D eigenvalue weighted by molar-refractivity contribution is -0.138. The number of nitriles is 1. The molecule has 0 unspecified atom stereocenters. The number of fused-ring (bicyclic) bond motifs is 3. The molecule has 5 rings (SSSR count). The van der Waals surface area contributed by atoms with Gasteiger partial charge in [0, 0.05) is 24.1 Å². The largest absolute Gasteiger partial charge is 0.490 e. The monoisotopic (exact) mass is 472 g/mol. The summed E-state index contributed by atoms with van der Waals surface area (Å²) in [6.45, 7) is 3.99. The van der Waals surface area contributed by atoms with Crippen LogP contribution in [0.15, 0.2) is 40.9 Å². The second kappa shape index (κ2) is 8.87. The third-order valence-electron chi connectivity index (χ3n) is 6.48. The highest BCUT2D eigenvalue weighted by Gasteiger charge is 2.46. The fourth-order valence-corrected chi connectivity index (χ4v) is 5.09. The van der Waals surface area contributed by atoms with Crippen molar-refractivity contribution in [2.24, 2.45) is 5.92 Å². The topological polar surface area (TPSA) is 130 Å². The Kier molecular flexibility index (Phi) is 5.73. The maximum atomic E-state index is 12.5. The number of amides is 1. The number of rotatable bonds is 7. The van der Waals surface area contributed by atoms with Crippen LogP contribution < -0.4 is 4.74 Å². The van der Waals surface area contributed by atoms with E-state index in [0.717, 1.165) is 16.7 Å². The molecule has 1 amide bonds. The molecule has 0 bridgehead atoms. The average Bonchev–Trinajstić information content (AvgIpc) is 3.51. The van der Waals surface area contributed by atoms with Crippen LogP contribution in [0.3, 0.4) is 0 Å². The van der Waals surface area contributed by atoms with E-state index in [0.29, 0.717) is 41.4 Å². The Morgan fingerprint density at radius 1 is 1.31 bits per heavy atom. The van der Waals surface area contributed by atoms with Crippen molar-refractivity contribution in [1.82, 2.24) is 15.0 Å². The van der Waals surface area contributed by atoms with Crippen LogP contribution in [0.25, 0.3) is 22.8 Å². The van der Waals surface area contributed by atoms with Crippen molar-refractivity contribution in [1.29, 1.82) is 5.26 Å². The Balaban J connectivity index is 1.45. The third-order valence-corrected chi connectivity index (χ3v) is 6.48. The molecule has 1 aliphatic heterocycles. The van der Waals surface area contributed by atoms with Crippen molar-refractivity contribution in [2.45, 2.75) is 45.3 Å². The summed E-state index contributed by atoms with van der Waals surface area (Å²) in [6, 6.07) is 13.0. The Morgan fingerprint density at radius 3 is 2.89 bits per heavy atom. The lowest BCUT2D eigenvalue weighted by atomic mass is 10.0. The molecule has 1 saturated heterocycles. The smallest absolute Gasteiger partial charge is 0.305 e. The number of nitrogens with zero attached hydrogens (tertiary/aromatic N) is 4. The summed E-state index contributed by atoms with van der Waals surface area (Å²) in [4.78, 5) is 29.9. The zero-order chi connectivity index (χ0) is 24.7. The molecule has 9 heteroatoms. The highest BCUT2D eigenvalue weighted by Crippen LogP contribution is 2.49. The van der Waals surface area contributed by atoms with Crippen LogP contribution in [0.4, 0.5) is 0 Å². The summed E-state index contributed by atoms with van der Waals surface area (Å²) in [5.41, 5.74) is 3.90. The van der Waals surface area contributed by atoms with Crippen molar-refractivity contribution < 1.29 is 24.0 Å². The Labute approximate surface area is 201 Å². The molecule has 9 nitrogen and oxygen atoms in total. The van der Waals surface area contributed by atoms with Crippen LogP contribution in [0.5, 0.6) is 5.75 Å². The first kappa shape index (κ1) is 22.6. The van der Waals surface area contributed by atoms with Gasteiger partial charge in [-0.3, -0.25) is 9.59 Å². The van der Waals surface area contributed by atoms with Gasteiger partial charge in [-0.05, 0) is 55.5 Å². The first-order valence-electron chi connectivity index (χ1n) is 11.5. The Morgan fingerprint density at radius 2 is 2.14 bits per heavy atom. The second-order valence-electron chi connectivity index (χ2n) is 9.13. The van der Waals surface area contributed by atoms with E-state index < -0.39 is 5.97 Å². The minimum atomic E-state index is -0.920. The molecule has 1 aliphatic carbocycles. The quantitative estimate of drug-likeness (QED) is 0.546. The highest BCUT2D eigenvalue weighted by molar-refractivity contribution is 5.82. The van der Waals surface area contributed by atoms with Crippen molar-refractivity contribution >= 4 is 11.9 Å². The van der Waals surface area contributed by atoms with Gasteiger partial charge < -0.3 is 19.3 Å². The van der Waals surface area contributed by atoms with Crippen molar-refractivity contribution in [3.8, 4) is 34.7 Å². The molecule has 2 heterocycles. The van der Waals surface area contributed by atoms with Gasteiger partial charge >= 0.3 is 5.97 Å². The molecule has 1 aromatic heterocycles.